The topological polar surface area (TPSA) is 135 Å². The standard InChI is InChI=1S/C37H29BrF3N3O7S2/c1-2-50-35(48)16-7-10-18(11-8-16)44-33(46)28-20-14-21(29(28)34(44)47)30-27(20)26(31-32(52-30)43-36(49)53-31)19-13-17(38)9-12-24(19)51-15-25(45)42-23-6-4-3-5-22(23)37(39,40)41/h3-13,20-21,26-30H,2,14-15H2,1H3,(H,42,45)(H,43,49)/t20-,21-,26+,27-,28+,29+,30-/m1/s1. The molecule has 2 aliphatic heterocycles. The van der Waals surface area contributed by atoms with E-state index in [4.69, 9.17) is 9.47 Å². The van der Waals surface area contributed by atoms with Gasteiger partial charge in [-0.1, -0.05) is 39.4 Å². The summed E-state index contributed by atoms with van der Waals surface area (Å²) in [6, 6.07) is 16.1. The lowest BCUT2D eigenvalue weighted by Gasteiger charge is -2.43. The molecule has 0 spiro atoms. The summed E-state index contributed by atoms with van der Waals surface area (Å²) in [5.74, 6) is -3.82. The van der Waals surface area contributed by atoms with Crippen molar-refractivity contribution >= 4 is 74.1 Å². The van der Waals surface area contributed by atoms with Crippen LogP contribution in [0.15, 0.2) is 81.0 Å². The second-order valence-electron chi connectivity index (χ2n) is 13.3. The van der Waals surface area contributed by atoms with Crippen molar-refractivity contribution in [3.63, 3.8) is 0 Å². The zero-order valence-electron chi connectivity index (χ0n) is 27.6. The van der Waals surface area contributed by atoms with Gasteiger partial charge in [-0.2, -0.15) is 13.2 Å². The average molecular weight is 829 g/mol. The molecule has 3 heterocycles. The minimum absolute atomic E-state index is 0.138. The highest BCUT2D eigenvalue weighted by atomic mass is 79.9. The van der Waals surface area contributed by atoms with E-state index < -0.39 is 53.7 Å². The molecule has 3 aromatic carbocycles. The maximum atomic E-state index is 14.2. The molecule has 10 nitrogen and oxygen atoms in total. The molecule has 8 rings (SSSR count). The summed E-state index contributed by atoms with van der Waals surface area (Å²) < 4.78 is 52.5. The van der Waals surface area contributed by atoms with Gasteiger partial charge < -0.3 is 19.8 Å². The number of esters is 1. The number of hydrogen-bond donors (Lipinski definition) is 2. The number of aromatic amines is 1. The Morgan fingerprint density at radius 1 is 1.00 bits per heavy atom. The van der Waals surface area contributed by atoms with Crippen LogP contribution in [-0.4, -0.2) is 47.1 Å². The first kappa shape index (κ1) is 35.6. The third-order valence-electron chi connectivity index (χ3n) is 10.5. The number of amides is 3. The number of nitrogens with one attached hydrogen (secondary N) is 2. The van der Waals surface area contributed by atoms with Crippen LogP contribution >= 0.6 is 39.0 Å². The zero-order chi connectivity index (χ0) is 37.3. The van der Waals surface area contributed by atoms with Gasteiger partial charge in [-0.15, -0.1) is 11.8 Å². The van der Waals surface area contributed by atoms with E-state index in [1.165, 1.54) is 40.9 Å². The van der Waals surface area contributed by atoms with Crippen LogP contribution in [0.3, 0.4) is 0 Å². The van der Waals surface area contributed by atoms with Crippen molar-refractivity contribution in [2.24, 2.45) is 29.6 Å². The molecule has 16 heteroatoms. The summed E-state index contributed by atoms with van der Waals surface area (Å²) in [5, 5.41) is 2.84. The Hall–Kier alpha value is -4.41. The van der Waals surface area contributed by atoms with E-state index in [0.717, 1.165) is 28.3 Å². The van der Waals surface area contributed by atoms with Gasteiger partial charge >= 0.3 is 17.0 Å². The van der Waals surface area contributed by atoms with Gasteiger partial charge in [0.05, 0.1) is 46.0 Å². The quantitative estimate of drug-likeness (QED) is 0.142. The number of imide groups is 1. The number of benzene rings is 3. The SMILES string of the molecule is CCOC(=O)c1ccc(N2C(=O)[C@H]3[C@H]4C[C@@H]([C@@H]3C2=O)[C@@H]2[C@H](c3cc(Br)ccc3OCC(=O)Nc3ccccc3C(F)(F)F)c3sc(=O)[nH]c3S[C@H]42)cc1. The Morgan fingerprint density at radius 2 is 1.72 bits per heavy atom. The number of rotatable bonds is 8. The smallest absolute Gasteiger partial charge is 0.418 e. The molecule has 2 saturated carbocycles. The normalized spacial score (nSPS) is 25.5. The summed E-state index contributed by atoms with van der Waals surface area (Å²) in [4.78, 5) is 70.9. The molecule has 3 fully saturated rings. The fraction of sp³-hybridized carbons (Fsp3) is 0.324. The molecular weight excluding hydrogens is 799 g/mol. The Kier molecular flexibility index (Phi) is 9.05. The predicted octanol–water partition coefficient (Wildman–Crippen LogP) is 7.09. The van der Waals surface area contributed by atoms with Crippen LogP contribution in [0.25, 0.3) is 0 Å². The van der Waals surface area contributed by atoms with Crippen LogP contribution in [0.5, 0.6) is 5.75 Å². The first-order chi connectivity index (χ1) is 25.3. The Bertz CT molecular complexity index is 2230. The number of H-pyrrole nitrogens is 1. The number of thioether (sulfide) groups is 1. The van der Waals surface area contributed by atoms with E-state index in [1.54, 1.807) is 31.2 Å². The van der Waals surface area contributed by atoms with Crippen molar-refractivity contribution in [1.82, 2.24) is 4.98 Å². The highest BCUT2D eigenvalue weighted by Gasteiger charge is 2.70. The van der Waals surface area contributed by atoms with Crippen LogP contribution < -0.4 is 19.8 Å². The number of alkyl halides is 3. The summed E-state index contributed by atoms with van der Waals surface area (Å²) in [7, 11) is 0. The summed E-state index contributed by atoms with van der Waals surface area (Å²) in [5.41, 5.74) is -0.0656. The summed E-state index contributed by atoms with van der Waals surface area (Å²) in [6.07, 6.45) is -4.04. The third-order valence-corrected chi connectivity index (χ3v) is 13.6. The molecule has 2 bridgehead atoms. The lowest BCUT2D eigenvalue weighted by atomic mass is 9.68. The molecule has 274 valence electrons. The number of nitrogens with zero attached hydrogens (tertiary/aromatic N) is 1. The minimum atomic E-state index is -4.67. The third kappa shape index (κ3) is 6.08. The van der Waals surface area contributed by atoms with Crippen LogP contribution in [0, 0.1) is 29.6 Å². The van der Waals surface area contributed by atoms with E-state index in [2.05, 4.69) is 26.2 Å². The zero-order valence-corrected chi connectivity index (χ0v) is 30.9. The first-order valence-electron chi connectivity index (χ1n) is 16.8. The monoisotopic (exact) mass is 827 g/mol. The van der Waals surface area contributed by atoms with Gasteiger partial charge in [0.15, 0.2) is 6.61 Å². The molecular formula is C37H29BrF3N3O7S2. The van der Waals surface area contributed by atoms with Crippen LogP contribution in [0.1, 0.15) is 45.6 Å². The molecule has 1 saturated heterocycles. The molecule has 0 radical (unpaired) electrons. The molecule has 53 heavy (non-hydrogen) atoms. The molecule has 1 aromatic heterocycles. The van der Waals surface area contributed by atoms with E-state index in [-0.39, 0.29) is 46.3 Å². The maximum Gasteiger partial charge on any atom is 0.418 e. The van der Waals surface area contributed by atoms with E-state index in [0.29, 0.717) is 38.5 Å². The fourth-order valence-electron chi connectivity index (χ4n) is 8.64. The number of carbonyl (C=O) groups is 4. The summed E-state index contributed by atoms with van der Waals surface area (Å²) >= 11 is 6.12. The molecule has 3 amide bonds. The van der Waals surface area contributed by atoms with Crippen LogP contribution in [-0.2, 0) is 25.3 Å². The number of hydrogen-bond acceptors (Lipinski definition) is 9. The summed E-state index contributed by atoms with van der Waals surface area (Å²) in [6.45, 7) is 1.31. The lowest BCUT2D eigenvalue weighted by Crippen LogP contribution is -2.42. The van der Waals surface area contributed by atoms with Gasteiger partial charge in [-0.3, -0.25) is 24.1 Å². The lowest BCUT2D eigenvalue weighted by molar-refractivity contribution is -0.137. The second kappa shape index (κ2) is 13.5. The first-order valence-corrected chi connectivity index (χ1v) is 19.3. The number of thiazole rings is 1. The van der Waals surface area contributed by atoms with Gasteiger partial charge in [0.2, 0.25) is 11.8 Å². The molecule has 4 aromatic rings. The van der Waals surface area contributed by atoms with Gasteiger partial charge in [0.25, 0.3) is 5.91 Å². The largest absolute Gasteiger partial charge is 0.483 e. The van der Waals surface area contributed by atoms with Crippen LogP contribution in [0.4, 0.5) is 24.5 Å². The second-order valence-corrected chi connectivity index (χ2v) is 16.4. The van der Waals surface area contributed by atoms with Gasteiger partial charge in [0, 0.05) is 26.1 Å². The molecule has 4 aliphatic rings. The molecule has 0 unspecified atom stereocenters. The maximum absolute atomic E-state index is 14.2. The average Bonchev–Trinajstić information content (AvgIpc) is 3.86. The molecule has 2 aliphatic carbocycles. The van der Waals surface area contributed by atoms with E-state index in [9.17, 15) is 37.1 Å². The Balaban J connectivity index is 1.10. The van der Waals surface area contributed by atoms with Crippen LogP contribution in [0.2, 0.25) is 0 Å². The fourth-order valence-corrected chi connectivity index (χ4v) is 11.9. The van der Waals surface area contributed by atoms with Crippen molar-refractivity contribution in [2.45, 2.75) is 35.7 Å². The van der Waals surface area contributed by atoms with E-state index in [1.807, 2.05) is 6.07 Å². The van der Waals surface area contributed by atoms with Crippen molar-refractivity contribution in [2.75, 3.05) is 23.4 Å². The van der Waals surface area contributed by atoms with Gasteiger partial charge in [0.1, 0.15) is 5.75 Å². The number of aromatic nitrogens is 1. The van der Waals surface area contributed by atoms with Crippen molar-refractivity contribution in [3.8, 4) is 5.75 Å². The number of anilines is 2. The van der Waals surface area contributed by atoms with E-state index >= 15 is 0 Å². The van der Waals surface area contributed by atoms with Crippen molar-refractivity contribution in [3.05, 3.63) is 102 Å². The highest BCUT2D eigenvalue weighted by Crippen LogP contribution is 2.69. The minimum Gasteiger partial charge on any atom is -0.483 e. The highest BCUT2D eigenvalue weighted by molar-refractivity contribution is 9.10. The Labute approximate surface area is 316 Å². The molecule has 2 N–H and O–H groups in total. The number of fused-ring (bicyclic) bond motifs is 9. The molecule has 7 atom stereocenters. The van der Waals surface area contributed by atoms with Gasteiger partial charge in [-0.25, -0.2) is 4.79 Å². The number of halogens is 4. The van der Waals surface area contributed by atoms with Crippen molar-refractivity contribution < 1.29 is 41.8 Å². The number of para-hydroxylation sites is 1. The number of carbonyl (C=O) groups excluding carboxylic acids is 4. The number of ether oxygens (including phenoxy) is 2. The Morgan fingerprint density at radius 3 is 2.43 bits per heavy atom. The predicted molar refractivity (Wildman–Crippen MR) is 193 cm³/mol. The van der Waals surface area contributed by atoms with Gasteiger partial charge in [-0.05, 0) is 85.7 Å². The van der Waals surface area contributed by atoms with Crippen molar-refractivity contribution in [1.29, 1.82) is 0 Å².